The SMILES string of the molecule is Cc1cccc2c1nc(CCCl)n2C(C)C(N)=O. The number of para-hydroxylation sites is 1. The normalized spacial score (nSPS) is 12.8. The Bertz CT molecular complexity index is 591. The smallest absolute Gasteiger partial charge is 0.240 e. The zero-order valence-electron chi connectivity index (χ0n) is 10.5. The number of aryl methyl sites for hydroxylation is 2. The summed E-state index contributed by atoms with van der Waals surface area (Å²) in [5, 5.41) is 0. The molecule has 4 nitrogen and oxygen atoms in total. The molecule has 0 aliphatic rings. The Balaban J connectivity index is 2.70. The highest BCUT2D eigenvalue weighted by atomic mass is 35.5. The van der Waals surface area contributed by atoms with Crippen molar-refractivity contribution in [1.29, 1.82) is 0 Å². The number of alkyl halides is 1. The van der Waals surface area contributed by atoms with Crippen molar-refractivity contribution in [1.82, 2.24) is 9.55 Å². The van der Waals surface area contributed by atoms with E-state index in [0.717, 1.165) is 22.4 Å². The van der Waals surface area contributed by atoms with Crippen molar-refractivity contribution in [3.8, 4) is 0 Å². The maximum atomic E-state index is 11.4. The summed E-state index contributed by atoms with van der Waals surface area (Å²) in [6, 6.07) is 5.48. The van der Waals surface area contributed by atoms with Crippen LogP contribution in [0.15, 0.2) is 18.2 Å². The molecule has 2 aromatic rings. The van der Waals surface area contributed by atoms with Crippen LogP contribution in [-0.4, -0.2) is 21.3 Å². The fraction of sp³-hybridized carbons (Fsp3) is 0.385. The predicted molar refractivity (Wildman–Crippen MR) is 72.8 cm³/mol. The van der Waals surface area contributed by atoms with E-state index in [1.807, 2.05) is 29.7 Å². The van der Waals surface area contributed by atoms with E-state index in [2.05, 4.69) is 4.98 Å². The molecule has 96 valence electrons. The fourth-order valence-electron chi connectivity index (χ4n) is 2.13. The summed E-state index contributed by atoms with van der Waals surface area (Å²) in [4.78, 5) is 16.0. The van der Waals surface area contributed by atoms with Crippen molar-refractivity contribution in [2.24, 2.45) is 5.73 Å². The second-order valence-electron chi connectivity index (χ2n) is 4.36. The number of nitrogens with two attached hydrogens (primary N) is 1. The van der Waals surface area contributed by atoms with Crippen molar-refractivity contribution < 1.29 is 4.79 Å². The maximum absolute atomic E-state index is 11.4. The van der Waals surface area contributed by atoms with E-state index in [1.165, 1.54) is 0 Å². The molecule has 1 heterocycles. The number of benzene rings is 1. The molecule has 1 aromatic heterocycles. The Kier molecular flexibility index (Phi) is 3.57. The summed E-state index contributed by atoms with van der Waals surface area (Å²) in [7, 11) is 0. The number of aromatic nitrogens is 2. The van der Waals surface area contributed by atoms with Crippen molar-refractivity contribution in [2.75, 3.05) is 5.88 Å². The van der Waals surface area contributed by atoms with Crippen LogP contribution in [0.1, 0.15) is 24.4 Å². The van der Waals surface area contributed by atoms with Crippen LogP contribution in [0.25, 0.3) is 11.0 Å². The molecular formula is C13H16ClN3O. The average molecular weight is 266 g/mol. The van der Waals surface area contributed by atoms with Gasteiger partial charge in [0.1, 0.15) is 11.9 Å². The summed E-state index contributed by atoms with van der Waals surface area (Å²) < 4.78 is 1.88. The minimum atomic E-state index is -0.421. The molecule has 0 aliphatic carbocycles. The molecule has 1 amide bonds. The number of fused-ring (bicyclic) bond motifs is 1. The number of carbonyl (C=O) groups excluding carboxylic acids is 1. The number of hydrogen-bond donors (Lipinski definition) is 1. The summed E-state index contributed by atoms with van der Waals surface area (Å²) in [6.45, 7) is 3.78. The summed E-state index contributed by atoms with van der Waals surface area (Å²) in [6.07, 6.45) is 0.618. The summed E-state index contributed by atoms with van der Waals surface area (Å²) in [5.74, 6) is 0.903. The third-order valence-electron chi connectivity index (χ3n) is 3.11. The van der Waals surface area contributed by atoms with Gasteiger partial charge in [0.05, 0.1) is 11.0 Å². The molecule has 0 spiro atoms. The van der Waals surface area contributed by atoms with Gasteiger partial charge in [0, 0.05) is 12.3 Å². The van der Waals surface area contributed by atoms with Crippen LogP contribution in [0, 0.1) is 6.92 Å². The van der Waals surface area contributed by atoms with Crippen molar-refractivity contribution in [3.05, 3.63) is 29.6 Å². The molecule has 1 unspecified atom stereocenters. The Hall–Kier alpha value is -1.55. The molecular weight excluding hydrogens is 250 g/mol. The number of primary amides is 1. The minimum Gasteiger partial charge on any atom is -0.368 e. The number of amides is 1. The van der Waals surface area contributed by atoms with Crippen molar-refractivity contribution in [2.45, 2.75) is 26.3 Å². The number of hydrogen-bond acceptors (Lipinski definition) is 2. The van der Waals surface area contributed by atoms with Gasteiger partial charge in [-0.2, -0.15) is 0 Å². The minimum absolute atomic E-state index is 0.369. The monoisotopic (exact) mass is 265 g/mol. The van der Waals surface area contributed by atoms with Gasteiger partial charge in [-0.1, -0.05) is 12.1 Å². The quantitative estimate of drug-likeness (QED) is 0.862. The van der Waals surface area contributed by atoms with Crippen LogP contribution in [0.2, 0.25) is 0 Å². The predicted octanol–water partition coefficient (Wildman–Crippen LogP) is 2.17. The van der Waals surface area contributed by atoms with Crippen molar-refractivity contribution in [3.63, 3.8) is 0 Å². The molecule has 1 aromatic carbocycles. The maximum Gasteiger partial charge on any atom is 0.240 e. The van der Waals surface area contributed by atoms with Crippen LogP contribution in [-0.2, 0) is 11.2 Å². The number of imidazole rings is 1. The lowest BCUT2D eigenvalue weighted by Gasteiger charge is -2.13. The Morgan fingerprint density at radius 1 is 1.56 bits per heavy atom. The molecule has 0 saturated heterocycles. The lowest BCUT2D eigenvalue weighted by atomic mass is 10.2. The van der Waals surface area contributed by atoms with Crippen LogP contribution in [0.5, 0.6) is 0 Å². The molecule has 18 heavy (non-hydrogen) atoms. The van der Waals surface area contributed by atoms with Gasteiger partial charge in [-0.3, -0.25) is 4.79 Å². The lowest BCUT2D eigenvalue weighted by Crippen LogP contribution is -2.25. The van der Waals surface area contributed by atoms with Gasteiger partial charge in [-0.15, -0.1) is 11.6 Å². The van der Waals surface area contributed by atoms with Gasteiger partial charge in [0.15, 0.2) is 0 Å². The van der Waals surface area contributed by atoms with Gasteiger partial charge in [0.2, 0.25) is 5.91 Å². The average Bonchev–Trinajstić information content (AvgIpc) is 2.68. The number of nitrogens with zero attached hydrogens (tertiary/aromatic N) is 2. The Labute approximate surface area is 111 Å². The first kappa shape index (κ1) is 12.9. The van der Waals surface area contributed by atoms with E-state index in [1.54, 1.807) is 6.92 Å². The van der Waals surface area contributed by atoms with Gasteiger partial charge in [-0.25, -0.2) is 4.98 Å². The molecule has 2 N–H and O–H groups in total. The van der Waals surface area contributed by atoms with Crippen molar-refractivity contribution >= 4 is 28.5 Å². The van der Waals surface area contributed by atoms with E-state index < -0.39 is 6.04 Å². The van der Waals surface area contributed by atoms with E-state index in [0.29, 0.717) is 12.3 Å². The van der Waals surface area contributed by atoms with Crippen LogP contribution < -0.4 is 5.73 Å². The largest absolute Gasteiger partial charge is 0.368 e. The second kappa shape index (κ2) is 4.98. The molecule has 0 saturated carbocycles. The number of rotatable bonds is 4. The van der Waals surface area contributed by atoms with Gasteiger partial charge in [-0.05, 0) is 25.5 Å². The summed E-state index contributed by atoms with van der Waals surface area (Å²) >= 11 is 5.79. The fourth-order valence-corrected chi connectivity index (χ4v) is 2.29. The molecule has 5 heteroatoms. The Morgan fingerprint density at radius 3 is 2.89 bits per heavy atom. The number of halogens is 1. The molecule has 1 atom stereocenters. The van der Waals surface area contributed by atoms with E-state index in [9.17, 15) is 4.79 Å². The first-order chi connectivity index (χ1) is 8.56. The first-order valence-electron chi connectivity index (χ1n) is 5.88. The second-order valence-corrected chi connectivity index (χ2v) is 4.74. The van der Waals surface area contributed by atoms with Crippen LogP contribution in [0.4, 0.5) is 0 Å². The highest BCUT2D eigenvalue weighted by Crippen LogP contribution is 2.24. The van der Waals surface area contributed by atoms with E-state index >= 15 is 0 Å². The zero-order chi connectivity index (χ0) is 13.3. The Morgan fingerprint density at radius 2 is 2.28 bits per heavy atom. The lowest BCUT2D eigenvalue weighted by molar-refractivity contribution is -0.120. The summed E-state index contributed by atoms with van der Waals surface area (Å²) in [5.41, 5.74) is 8.32. The molecule has 0 fully saturated rings. The molecule has 0 radical (unpaired) electrons. The van der Waals surface area contributed by atoms with Gasteiger partial charge in [0.25, 0.3) is 0 Å². The zero-order valence-corrected chi connectivity index (χ0v) is 11.2. The molecule has 2 rings (SSSR count). The number of carbonyl (C=O) groups is 1. The van der Waals surface area contributed by atoms with Gasteiger partial charge >= 0.3 is 0 Å². The topological polar surface area (TPSA) is 60.9 Å². The van der Waals surface area contributed by atoms with Crippen LogP contribution in [0.3, 0.4) is 0 Å². The third kappa shape index (κ3) is 2.08. The standard InChI is InChI=1S/C13H16ClN3O/c1-8-4-3-5-10-12(8)16-11(6-7-14)17(10)9(2)13(15)18/h3-5,9H,6-7H2,1-2H3,(H2,15,18). The molecule has 0 bridgehead atoms. The third-order valence-corrected chi connectivity index (χ3v) is 3.30. The molecule has 0 aliphatic heterocycles. The van der Waals surface area contributed by atoms with Gasteiger partial charge < -0.3 is 10.3 Å². The first-order valence-corrected chi connectivity index (χ1v) is 6.41. The van der Waals surface area contributed by atoms with E-state index in [4.69, 9.17) is 17.3 Å². The van der Waals surface area contributed by atoms with E-state index in [-0.39, 0.29) is 5.91 Å². The highest BCUT2D eigenvalue weighted by Gasteiger charge is 2.19. The highest BCUT2D eigenvalue weighted by molar-refractivity contribution is 6.17. The van der Waals surface area contributed by atoms with Crippen LogP contribution >= 0.6 is 11.6 Å².